The van der Waals surface area contributed by atoms with E-state index in [0.717, 1.165) is 5.69 Å². The first-order valence-corrected chi connectivity index (χ1v) is 7.20. The molecule has 0 aliphatic heterocycles. The second-order valence-corrected chi connectivity index (χ2v) is 5.74. The van der Waals surface area contributed by atoms with E-state index in [4.69, 9.17) is 5.73 Å². The maximum absolute atomic E-state index is 14.0. The van der Waals surface area contributed by atoms with Crippen molar-refractivity contribution in [3.8, 4) is 0 Å². The molecular formula is C15H19FN2S. The van der Waals surface area contributed by atoms with E-state index in [1.54, 1.807) is 17.4 Å². The summed E-state index contributed by atoms with van der Waals surface area (Å²) >= 11 is 1.71. The number of nitrogens with two attached hydrogens (primary N) is 1. The molecule has 1 aromatic carbocycles. The monoisotopic (exact) mass is 278 g/mol. The van der Waals surface area contributed by atoms with E-state index in [9.17, 15) is 4.39 Å². The van der Waals surface area contributed by atoms with Gasteiger partial charge in [0, 0.05) is 29.2 Å². The Hall–Kier alpha value is -1.39. The maximum atomic E-state index is 14.0. The van der Waals surface area contributed by atoms with Crippen molar-refractivity contribution >= 4 is 17.0 Å². The fourth-order valence-corrected chi connectivity index (χ4v) is 3.04. The lowest BCUT2D eigenvalue weighted by atomic mass is 10.0. The van der Waals surface area contributed by atoms with Crippen LogP contribution in [0.1, 0.15) is 36.4 Å². The molecular weight excluding hydrogens is 259 g/mol. The van der Waals surface area contributed by atoms with Crippen molar-refractivity contribution in [2.24, 2.45) is 5.73 Å². The van der Waals surface area contributed by atoms with Crippen molar-refractivity contribution < 1.29 is 4.39 Å². The summed E-state index contributed by atoms with van der Waals surface area (Å²) in [6.45, 7) is 3.92. The predicted octanol–water partition coefficient (Wildman–Crippen LogP) is 4.10. The largest absolute Gasteiger partial charge is 0.367 e. The van der Waals surface area contributed by atoms with Gasteiger partial charge in [0.05, 0.1) is 6.04 Å². The van der Waals surface area contributed by atoms with Crippen LogP contribution in [0.3, 0.4) is 0 Å². The highest BCUT2D eigenvalue weighted by atomic mass is 32.1. The molecule has 4 heteroatoms. The first kappa shape index (κ1) is 14.0. The number of rotatable bonds is 4. The van der Waals surface area contributed by atoms with E-state index in [0.29, 0.717) is 5.56 Å². The van der Waals surface area contributed by atoms with Crippen LogP contribution in [-0.4, -0.2) is 7.05 Å². The Balaban J connectivity index is 2.39. The molecule has 1 unspecified atom stereocenters. The first-order valence-electron chi connectivity index (χ1n) is 6.32. The van der Waals surface area contributed by atoms with Crippen LogP contribution in [0.4, 0.5) is 10.1 Å². The molecule has 0 amide bonds. The Morgan fingerprint density at radius 2 is 1.95 bits per heavy atom. The van der Waals surface area contributed by atoms with E-state index in [1.807, 2.05) is 26.1 Å². The standard InChI is InChI=1S/C15H19FN2S/c1-10(17)15-12(16)6-4-7-13(15)18(3)11(2)14-8-5-9-19-14/h4-11H,17H2,1-3H3/t10-,11?/m0/s1. The van der Waals surface area contributed by atoms with Gasteiger partial charge in [-0.2, -0.15) is 0 Å². The summed E-state index contributed by atoms with van der Waals surface area (Å²) in [6.07, 6.45) is 0. The summed E-state index contributed by atoms with van der Waals surface area (Å²) in [5.41, 5.74) is 7.34. The molecule has 0 bridgehead atoms. The van der Waals surface area contributed by atoms with E-state index in [1.165, 1.54) is 10.9 Å². The second kappa shape index (κ2) is 5.72. The molecule has 2 rings (SSSR count). The Bertz CT molecular complexity index is 537. The van der Waals surface area contributed by atoms with Gasteiger partial charge in [0.1, 0.15) is 5.82 Å². The molecule has 2 aromatic rings. The molecule has 102 valence electrons. The molecule has 2 N–H and O–H groups in total. The van der Waals surface area contributed by atoms with Gasteiger partial charge in [-0.25, -0.2) is 4.39 Å². The van der Waals surface area contributed by atoms with Crippen LogP contribution in [0.2, 0.25) is 0 Å². The molecule has 2 nitrogen and oxygen atoms in total. The van der Waals surface area contributed by atoms with Gasteiger partial charge in [0.25, 0.3) is 0 Å². The number of anilines is 1. The molecule has 0 spiro atoms. The maximum Gasteiger partial charge on any atom is 0.130 e. The number of nitrogens with zero attached hydrogens (tertiary/aromatic N) is 1. The quantitative estimate of drug-likeness (QED) is 0.912. The number of thiophene rings is 1. The number of hydrogen-bond acceptors (Lipinski definition) is 3. The van der Waals surface area contributed by atoms with E-state index >= 15 is 0 Å². The number of halogens is 1. The highest BCUT2D eigenvalue weighted by Crippen LogP contribution is 2.33. The predicted molar refractivity (Wildman–Crippen MR) is 80.1 cm³/mol. The van der Waals surface area contributed by atoms with Crippen LogP contribution in [0, 0.1) is 5.82 Å². The SMILES string of the molecule is CC(c1cccs1)N(C)c1cccc(F)c1[C@H](C)N. The summed E-state index contributed by atoms with van der Waals surface area (Å²) in [5, 5.41) is 2.05. The average molecular weight is 278 g/mol. The molecule has 0 saturated heterocycles. The fraction of sp³-hybridized carbons (Fsp3) is 0.333. The molecule has 2 atom stereocenters. The lowest BCUT2D eigenvalue weighted by molar-refractivity contribution is 0.590. The summed E-state index contributed by atoms with van der Waals surface area (Å²) in [4.78, 5) is 3.33. The van der Waals surface area contributed by atoms with Gasteiger partial charge in [0.2, 0.25) is 0 Å². The summed E-state index contributed by atoms with van der Waals surface area (Å²) < 4.78 is 14.0. The molecule has 0 aliphatic rings. The van der Waals surface area contributed by atoms with Crippen LogP contribution >= 0.6 is 11.3 Å². The van der Waals surface area contributed by atoms with Gasteiger partial charge in [-0.3, -0.25) is 0 Å². The zero-order valence-electron chi connectivity index (χ0n) is 11.4. The van der Waals surface area contributed by atoms with Crippen molar-refractivity contribution in [3.63, 3.8) is 0 Å². The van der Waals surface area contributed by atoms with Gasteiger partial charge in [0.15, 0.2) is 0 Å². The summed E-state index contributed by atoms with van der Waals surface area (Å²) in [5.74, 6) is -0.238. The molecule has 1 aromatic heterocycles. The third-order valence-corrected chi connectivity index (χ3v) is 4.44. The highest BCUT2D eigenvalue weighted by Gasteiger charge is 2.20. The lowest BCUT2D eigenvalue weighted by Gasteiger charge is -2.29. The van der Waals surface area contributed by atoms with E-state index in [2.05, 4.69) is 23.3 Å². The van der Waals surface area contributed by atoms with E-state index in [-0.39, 0.29) is 17.9 Å². The van der Waals surface area contributed by atoms with Crippen molar-refractivity contribution in [3.05, 3.63) is 52.0 Å². The minimum Gasteiger partial charge on any atom is -0.367 e. The van der Waals surface area contributed by atoms with Crippen LogP contribution in [-0.2, 0) is 0 Å². The van der Waals surface area contributed by atoms with Gasteiger partial charge < -0.3 is 10.6 Å². The number of benzene rings is 1. The summed E-state index contributed by atoms with van der Waals surface area (Å²) in [6, 6.07) is 9.11. The lowest BCUT2D eigenvalue weighted by Crippen LogP contribution is -2.24. The molecule has 1 heterocycles. The third-order valence-electron chi connectivity index (χ3n) is 3.40. The van der Waals surface area contributed by atoms with E-state index < -0.39 is 0 Å². The van der Waals surface area contributed by atoms with Crippen molar-refractivity contribution in [2.75, 3.05) is 11.9 Å². The Morgan fingerprint density at radius 1 is 1.21 bits per heavy atom. The van der Waals surface area contributed by atoms with Gasteiger partial charge in [-0.15, -0.1) is 11.3 Å². The molecule has 0 aliphatic carbocycles. The van der Waals surface area contributed by atoms with Crippen LogP contribution in [0.25, 0.3) is 0 Å². The van der Waals surface area contributed by atoms with Gasteiger partial charge >= 0.3 is 0 Å². The molecule has 19 heavy (non-hydrogen) atoms. The topological polar surface area (TPSA) is 29.3 Å². The number of hydrogen-bond donors (Lipinski definition) is 1. The first-order chi connectivity index (χ1) is 9.02. The minimum atomic E-state index is -0.325. The second-order valence-electron chi connectivity index (χ2n) is 4.76. The van der Waals surface area contributed by atoms with Crippen LogP contribution in [0.5, 0.6) is 0 Å². The van der Waals surface area contributed by atoms with Crippen molar-refractivity contribution in [2.45, 2.75) is 25.9 Å². The highest BCUT2D eigenvalue weighted by molar-refractivity contribution is 7.10. The van der Waals surface area contributed by atoms with Crippen molar-refractivity contribution in [1.82, 2.24) is 0 Å². The molecule has 0 saturated carbocycles. The Morgan fingerprint density at radius 3 is 2.53 bits per heavy atom. The summed E-state index contributed by atoms with van der Waals surface area (Å²) in [7, 11) is 1.98. The average Bonchev–Trinajstić information content (AvgIpc) is 2.90. The van der Waals surface area contributed by atoms with Crippen molar-refractivity contribution in [1.29, 1.82) is 0 Å². The van der Waals surface area contributed by atoms with Crippen LogP contribution < -0.4 is 10.6 Å². The Kier molecular flexibility index (Phi) is 4.22. The fourth-order valence-electron chi connectivity index (χ4n) is 2.21. The van der Waals surface area contributed by atoms with Gasteiger partial charge in [-0.05, 0) is 37.4 Å². The molecule has 0 radical (unpaired) electrons. The normalized spacial score (nSPS) is 14.2. The van der Waals surface area contributed by atoms with Crippen LogP contribution in [0.15, 0.2) is 35.7 Å². The smallest absolute Gasteiger partial charge is 0.130 e. The zero-order chi connectivity index (χ0) is 14.0. The molecule has 0 fully saturated rings. The zero-order valence-corrected chi connectivity index (χ0v) is 12.2. The third kappa shape index (κ3) is 2.80. The Labute approximate surface area is 117 Å². The van der Waals surface area contributed by atoms with Gasteiger partial charge in [-0.1, -0.05) is 12.1 Å². The minimum absolute atomic E-state index is 0.194.